The Labute approximate surface area is 113 Å². The van der Waals surface area contributed by atoms with E-state index >= 15 is 0 Å². The Morgan fingerprint density at radius 1 is 1.26 bits per heavy atom. The predicted molar refractivity (Wildman–Crippen MR) is 72.9 cm³/mol. The van der Waals surface area contributed by atoms with Gasteiger partial charge < -0.3 is 15.4 Å². The van der Waals surface area contributed by atoms with Gasteiger partial charge in [-0.1, -0.05) is 24.3 Å². The van der Waals surface area contributed by atoms with Crippen molar-refractivity contribution < 1.29 is 9.53 Å². The van der Waals surface area contributed by atoms with Crippen molar-refractivity contribution >= 4 is 5.91 Å². The van der Waals surface area contributed by atoms with E-state index in [9.17, 15) is 4.79 Å². The summed E-state index contributed by atoms with van der Waals surface area (Å²) in [5.41, 5.74) is 2.24. The van der Waals surface area contributed by atoms with Gasteiger partial charge in [0, 0.05) is 19.1 Å². The van der Waals surface area contributed by atoms with E-state index in [1.165, 1.54) is 18.4 Å². The van der Waals surface area contributed by atoms with Gasteiger partial charge in [-0.3, -0.25) is 4.79 Å². The molecular formula is C15H20N2O2. The zero-order valence-electron chi connectivity index (χ0n) is 11.0. The summed E-state index contributed by atoms with van der Waals surface area (Å²) in [6, 6.07) is 8.72. The average Bonchev–Trinajstić information content (AvgIpc) is 3.27. The van der Waals surface area contributed by atoms with Crippen molar-refractivity contribution in [2.24, 2.45) is 0 Å². The minimum absolute atomic E-state index is 0.0234. The summed E-state index contributed by atoms with van der Waals surface area (Å²) in [4.78, 5) is 12.2. The van der Waals surface area contributed by atoms with Crippen LogP contribution in [0.1, 0.15) is 30.1 Å². The van der Waals surface area contributed by atoms with Crippen molar-refractivity contribution in [3.05, 3.63) is 35.4 Å². The molecule has 19 heavy (non-hydrogen) atoms. The van der Waals surface area contributed by atoms with Gasteiger partial charge in [0.25, 0.3) is 5.91 Å². The first-order valence-corrected chi connectivity index (χ1v) is 7.05. The molecule has 3 rings (SSSR count). The van der Waals surface area contributed by atoms with Crippen LogP contribution in [0.3, 0.4) is 0 Å². The van der Waals surface area contributed by atoms with E-state index in [0.717, 1.165) is 18.5 Å². The summed E-state index contributed by atoms with van der Waals surface area (Å²) in [6.07, 6.45) is 2.99. The van der Waals surface area contributed by atoms with E-state index in [-0.39, 0.29) is 5.91 Å². The number of nitrogens with one attached hydrogen (secondary N) is 2. The first-order valence-electron chi connectivity index (χ1n) is 7.05. The Bertz CT molecular complexity index is 457. The summed E-state index contributed by atoms with van der Waals surface area (Å²) >= 11 is 0. The number of carbonyl (C=O) groups is 1. The molecule has 1 heterocycles. The summed E-state index contributed by atoms with van der Waals surface area (Å²) < 4.78 is 5.62. The van der Waals surface area contributed by atoms with Crippen LogP contribution >= 0.6 is 0 Å². The third-order valence-electron chi connectivity index (χ3n) is 3.67. The number of carbonyl (C=O) groups excluding carboxylic acids is 1. The van der Waals surface area contributed by atoms with E-state index < -0.39 is 6.10 Å². The van der Waals surface area contributed by atoms with Crippen LogP contribution < -0.4 is 10.6 Å². The maximum atomic E-state index is 12.2. The van der Waals surface area contributed by atoms with Crippen molar-refractivity contribution in [3.8, 4) is 0 Å². The number of fused-ring (bicyclic) bond motifs is 1. The lowest BCUT2D eigenvalue weighted by Crippen LogP contribution is -2.37. The zero-order chi connectivity index (χ0) is 13.1. The third-order valence-corrected chi connectivity index (χ3v) is 3.67. The maximum absolute atomic E-state index is 12.2. The fraction of sp³-hybridized carbons (Fsp3) is 0.533. The molecule has 0 aromatic heterocycles. The average molecular weight is 260 g/mol. The van der Waals surface area contributed by atoms with Crippen LogP contribution in [0.5, 0.6) is 0 Å². The zero-order valence-corrected chi connectivity index (χ0v) is 11.0. The summed E-state index contributed by atoms with van der Waals surface area (Å²) in [6.45, 7) is 2.12. The number of hydrogen-bond donors (Lipinski definition) is 2. The van der Waals surface area contributed by atoms with Crippen LogP contribution in [0.25, 0.3) is 0 Å². The van der Waals surface area contributed by atoms with Gasteiger partial charge in [0.05, 0.1) is 6.61 Å². The van der Waals surface area contributed by atoms with Crippen molar-refractivity contribution in [2.45, 2.75) is 31.4 Å². The highest BCUT2D eigenvalue weighted by atomic mass is 16.5. The number of hydrogen-bond acceptors (Lipinski definition) is 3. The largest absolute Gasteiger partial charge is 0.363 e. The summed E-state index contributed by atoms with van der Waals surface area (Å²) in [7, 11) is 0. The molecule has 1 unspecified atom stereocenters. The van der Waals surface area contributed by atoms with Crippen LogP contribution in [-0.2, 0) is 16.0 Å². The molecule has 0 spiro atoms. The highest BCUT2D eigenvalue weighted by Crippen LogP contribution is 2.26. The van der Waals surface area contributed by atoms with Gasteiger partial charge in [-0.05, 0) is 30.4 Å². The minimum atomic E-state index is -0.439. The molecular weight excluding hydrogens is 240 g/mol. The van der Waals surface area contributed by atoms with Gasteiger partial charge >= 0.3 is 0 Å². The third kappa shape index (κ3) is 3.14. The second-order valence-electron chi connectivity index (χ2n) is 5.22. The Hall–Kier alpha value is -1.39. The van der Waals surface area contributed by atoms with Crippen LogP contribution in [0, 0.1) is 0 Å². The Kier molecular flexibility index (Phi) is 3.80. The molecule has 1 fully saturated rings. The molecule has 1 saturated carbocycles. The van der Waals surface area contributed by atoms with Crippen LogP contribution in [0.4, 0.5) is 0 Å². The van der Waals surface area contributed by atoms with E-state index in [1.807, 2.05) is 18.2 Å². The van der Waals surface area contributed by atoms with Gasteiger partial charge in [0.1, 0.15) is 0 Å². The molecule has 4 heteroatoms. The molecule has 1 atom stereocenters. The van der Waals surface area contributed by atoms with Gasteiger partial charge in [-0.2, -0.15) is 0 Å². The van der Waals surface area contributed by atoms with Gasteiger partial charge in [-0.25, -0.2) is 0 Å². The van der Waals surface area contributed by atoms with Gasteiger partial charge in [0.15, 0.2) is 6.10 Å². The Morgan fingerprint density at radius 3 is 2.95 bits per heavy atom. The Morgan fingerprint density at radius 2 is 2.11 bits per heavy atom. The van der Waals surface area contributed by atoms with Crippen molar-refractivity contribution in [2.75, 3.05) is 19.7 Å². The molecule has 1 aliphatic heterocycles. The van der Waals surface area contributed by atoms with Gasteiger partial charge in [0.2, 0.25) is 0 Å². The minimum Gasteiger partial charge on any atom is -0.363 e. The molecule has 102 valence electrons. The molecule has 1 aromatic carbocycles. The van der Waals surface area contributed by atoms with Crippen molar-refractivity contribution in [3.63, 3.8) is 0 Å². The van der Waals surface area contributed by atoms with Crippen LogP contribution in [-0.4, -0.2) is 31.6 Å². The van der Waals surface area contributed by atoms with Crippen LogP contribution in [0.15, 0.2) is 24.3 Å². The molecule has 1 aromatic rings. The molecule has 1 aliphatic carbocycles. The summed E-state index contributed by atoms with van der Waals surface area (Å²) in [5.74, 6) is -0.0234. The SMILES string of the molecule is O=C(NCCNC1CC1)C1OCCc2ccccc21. The lowest BCUT2D eigenvalue weighted by atomic mass is 9.97. The van der Waals surface area contributed by atoms with Gasteiger partial charge in [-0.15, -0.1) is 0 Å². The van der Waals surface area contributed by atoms with E-state index in [0.29, 0.717) is 19.2 Å². The fourth-order valence-electron chi connectivity index (χ4n) is 2.45. The smallest absolute Gasteiger partial charge is 0.253 e. The number of ether oxygens (including phenoxy) is 1. The highest BCUT2D eigenvalue weighted by Gasteiger charge is 2.27. The number of benzene rings is 1. The summed E-state index contributed by atoms with van der Waals surface area (Å²) in [5, 5.41) is 6.33. The molecule has 2 aliphatic rings. The molecule has 0 saturated heterocycles. The first kappa shape index (κ1) is 12.6. The number of rotatable bonds is 5. The molecule has 2 N–H and O–H groups in total. The highest BCUT2D eigenvalue weighted by molar-refractivity contribution is 5.82. The lowest BCUT2D eigenvalue weighted by Gasteiger charge is -2.25. The Balaban J connectivity index is 1.54. The first-order chi connectivity index (χ1) is 9.34. The van der Waals surface area contributed by atoms with Crippen LogP contribution in [0.2, 0.25) is 0 Å². The standard InChI is InChI=1S/C15H20N2O2/c18-15(17-9-8-16-12-5-6-12)14-13-4-2-1-3-11(13)7-10-19-14/h1-4,12,14,16H,5-10H2,(H,17,18). The van der Waals surface area contributed by atoms with E-state index in [2.05, 4.69) is 16.7 Å². The monoisotopic (exact) mass is 260 g/mol. The van der Waals surface area contributed by atoms with Crippen molar-refractivity contribution in [1.29, 1.82) is 0 Å². The van der Waals surface area contributed by atoms with E-state index in [4.69, 9.17) is 4.74 Å². The van der Waals surface area contributed by atoms with Crippen molar-refractivity contribution in [1.82, 2.24) is 10.6 Å². The predicted octanol–water partition coefficient (Wildman–Crippen LogP) is 1.17. The maximum Gasteiger partial charge on any atom is 0.253 e. The second-order valence-corrected chi connectivity index (χ2v) is 5.22. The molecule has 1 amide bonds. The molecule has 0 bridgehead atoms. The topological polar surface area (TPSA) is 50.4 Å². The second kappa shape index (κ2) is 5.72. The molecule has 0 radical (unpaired) electrons. The fourth-order valence-corrected chi connectivity index (χ4v) is 2.45. The number of amides is 1. The lowest BCUT2D eigenvalue weighted by molar-refractivity contribution is -0.134. The van der Waals surface area contributed by atoms with E-state index in [1.54, 1.807) is 0 Å². The molecule has 4 nitrogen and oxygen atoms in total. The quantitative estimate of drug-likeness (QED) is 0.781. The normalized spacial score (nSPS) is 21.8.